The van der Waals surface area contributed by atoms with Gasteiger partial charge in [-0.15, -0.1) is 11.8 Å². The number of carbonyl (C=O) groups is 1. The maximum atomic E-state index is 11.0. The van der Waals surface area contributed by atoms with Gasteiger partial charge in [-0.3, -0.25) is 10.1 Å². The number of hydrogen-bond acceptors (Lipinski definition) is 4. The fourth-order valence-electron chi connectivity index (χ4n) is 2.40. The number of carboxylic acids is 1. The molecule has 4 unspecified atom stereocenters. The van der Waals surface area contributed by atoms with Gasteiger partial charge in [0.1, 0.15) is 22.9 Å². The summed E-state index contributed by atoms with van der Waals surface area (Å²) in [5, 5.41) is 12.1. The minimum atomic E-state index is -0.775. The van der Waals surface area contributed by atoms with Crippen LogP contribution in [-0.4, -0.2) is 22.9 Å². The molecular formula is C13H17NO3S. The van der Waals surface area contributed by atoms with Crippen molar-refractivity contribution in [3.8, 4) is 0 Å². The zero-order chi connectivity index (χ0) is 12.7. The van der Waals surface area contributed by atoms with Gasteiger partial charge in [-0.25, -0.2) is 0 Å². The Labute approximate surface area is 110 Å². The largest absolute Gasteiger partial charge is 0.480 e. The van der Waals surface area contributed by atoms with Gasteiger partial charge in [0.25, 0.3) is 0 Å². The molecule has 0 spiro atoms. The molecule has 1 aromatic rings. The number of hydrogen-bond donors (Lipinski definition) is 2. The van der Waals surface area contributed by atoms with Gasteiger partial charge in [0.15, 0.2) is 0 Å². The molecule has 2 heterocycles. The summed E-state index contributed by atoms with van der Waals surface area (Å²) in [6.07, 6.45) is 1.87. The average Bonchev–Trinajstić information content (AvgIpc) is 2.92. The second-order valence-electron chi connectivity index (χ2n) is 5.16. The molecule has 5 heteroatoms. The van der Waals surface area contributed by atoms with Gasteiger partial charge >= 0.3 is 5.97 Å². The van der Waals surface area contributed by atoms with Gasteiger partial charge in [0, 0.05) is 5.92 Å². The second-order valence-corrected chi connectivity index (χ2v) is 6.37. The van der Waals surface area contributed by atoms with E-state index in [0.717, 1.165) is 23.2 Å². The highest BCUT2D eigenvalue weighted by Crippen LogP contribution is 2.48. The third kappa shape index (κ3) is 2.29. The maximum absolute atomic E-state index is 11.0. The molecule has 1 saturated carbocycles. The van der Waals surface area contributed by atoms with E-state index in [1.165, 1.54) is 6.42 Å². The van der Waals surface area contributed by atoms with Gasteiger partial charge in [-0.1, -0.05) is 6.92 Å². The lowest BCUT2D eigenvalue weighted by Crippen LogP contribution is -2.41. The standard InChI is InChI=1S/C13H17NO3S/c1-7-6-8(7)10-2-3-11(17-10)12-14-9(13(15)16)4-5-18-12/h2-3,7-9,12,14H,4-6H2,1H3,(H,15,16). The molecule has 0 aromatic carbocycles. The molecule has 2 fully saturated rings. The summed E-state index contributed by atoms with van der Waals surface area (Å²) in [7, 11) is 0. The third-order valence-corrected chi connectivity index (χ3v) is 4.90. The molecule has 1 aromatic heterocycles. The first-order valence-electron chi connectivity index (χ1n) is 6.35. The number of rotatable bonds is 3. The number of aliphatic carboxylic acids is 1. The van der Waals surface area contributed by atoms with Gasteiger partial charge in [-0.2, -0.15) is 0 Å². The Bertz CT molecular complexity index is 459. The van der Waals surface area contributed by atoms with Crippen LogP contribution in [0.3, 0.4) is 0 Å². The van der Waals surface area contributed by atoms with Gasteiger partial charge < -0.3 is 9.52 Å². The average molecular weight is 267 g/mol. The van der Waals surface area contributed by atoms with Crippen LogP contribution in [0, 0.1) is 5.92 Å². The minimum Gasteiger partial charge on any atom is -0.480 e. The van der Waals surface area contributed by atoms with Crippen molar-refractivity contribution in [3.05, 3.63) is 23.7 Å². The summed E-state index contributed by atoms with van der Waals surface area (Å²) >= 11 is 1.72. The Morgan fingerprint density at radius 3 is 2.89 bits per heavy atom. The van der Waals surface area contributed by atoms with Crippen molar-refractivity contribution in [2.24, 2.45) is 5.92 Å². The normalized spacial score (nSPS) is 35.4. The lowest BCUT2D eigenvalue weighted by molar-refractivity contribution is -0.139. The Morgan fingerprint density at radius 1 is 1.50 bits per heavy atom. The monoisotopic (exact) mass is 267 g/mol. The van der Waals surface area contributed by atoms with Crippen molar-refractivity contribution in [3.63, 3.8) is 0 Å². The highest BCUT2D eigenvalue weighted by molar-refractivity contribution is 7.99. The Hall–Kier alpha value is -0.940. The summed E-state index contributed by atoms with van der Waals surface area (Å²) in [6.45, 7) is 2.22. The summed E-state index contributed by atoms with van der Waals surface area (Å²) in [5.41, 5.74) is 0. The molecule has 3 rings (SSSR count). The van der Waals surface area contributed by atoms with Crippen LogP contribution in [0.15, 0.2) is 16.5 Å². The van der Waals surface area contributed by atoms with Crippen LogP contribution in [0.2, 0.25) is 0 Å². The van der Waals surface area contributed by atoms with Gasteiger partial charge in [0.2, 0.25) is 0 Å². The number of thioether (sulfide) groups is 1. The smallest absolute Gasteiger partial charge is 0.320 e. The first-order chi connectivity index (χ1) is 8.65. The highest BCUT2D eigenvalue weighted by Gasteiger charge is 2.37. The summed E-state index contributed by atoms with van der Waals surface area (Å²) < 4.78 is 5.87. The molecule has 18 heavy (non-hydrogen) atoms. The van der Waals surface area contributed by atoms with E-state index in [9.17, 15) is 4.79 Å². The molecule has 4 atom stereocenters. The molecule has 2 aliphatic rings. The maximum Gasteiger partial charge on any atom is 0.320 e. The van der Waals surface area contributed by atoms with Crippen LogP contribution in [0.25, 0.3) is 0 Å². The Balaban J connectivity index is 1.70. The van der Waals surface area contributed by atoms with E-state index in [4.69, 9.17) is 9.52 Å². The van der Waals surface area contributed by atoms with E-state index >= 15 is 0 Å². The number of carboxylic acid groups (broad SMARTS) is 1. The predicted molar refractivity (Wildman–Crippen MR) is 69.6 cm³/mol. The lowest BCUT2D eigenvalue weighted by atomic mass is 10.2. The molecule has 0 radical (unpaired) electrons. The fraction of sp³-hybridized carbons (Fsp3) is 0.615. The molecule has 1 aliphatic carbocycles. The molecule has 0 bridgehead atoms. The van der Waals surface area contributed by atoms with E-state index in [1.807, 2.05) is 12.1 Å². The molecule has 1 aliphatic heterocycles. The van der Waals surface area contributed by atoms with Crippen molar-refractivity contribution < 1.29 is 14.3 Å². The van der Waals surface area contributed by atoms with Crippen LogP contribution in [0.4, 0.5) is 0 Å². The SMILES string of the molecule is CC1CC1c1ccc(C2NC(C(=O)O)CCS2)o1. The first kappa shape index (κ1) is 12.1. The second kappa shape index (κ2) is 4.63. The van der Waals surface area contributed by atoms with Crippen LogP contribution in [0.5, 0.6) is 0 Å². The van der Waals surface area contributed by atoms with Crippen LogP contribution in [-0.2, 0) is 4.79 Å². The van der Waals surface area contributed by atoms with Gasteiger partial charge in [0.05, 0.1) is 0 Å². The molecule has 1 saturated heterocycles. The Morgan fingerprint density at radius 2 is 2.22 bits per heavy atom. The molecule has 4 nitrogen and oxygen atoms in total. The highest BCUT2D eigenvalue weighted by atomic mass is 32.2. The number of nitrogens with one attached hydrogen (secondary N) is 1. The fourth-order valence-corrected chi connectivity index (χ4v) is 3.56. The van der Waals surface area contributed by atoms with Crippen LogP contribution in [0.1, 0.15) is 42.6 Å². The Kier molecular flexibility index (Phi) is 3.11. The zero-order valence-corrected chi connectivity index (χ0v) is 11.1. The van der Waals surface area contributed by atoms with E-state index < -0.39 is 12.0 Å². The van der Waals surface area contributed by atoms with Crippen molar-refractivity contribution in [2.45, 2.75) is 37.1 Å². The summed E-state index contributed by atoms with van der Waals surface area (Å²) in [5.74, 6) is 3.29. The van der Waals surface area contributed by atoms with E-state index in [1.54, 1.807) is 11.8 Å². The number of furan rings is 1. The minimum absolute atomic E-state index is 0.0253. The lowest BCUT2D eigenvalue weighted by Gasteiger charge is -2.26. The van der Waals surface area contributed by atoms with Gasteiger partial charge in [-0.05, 0) is 36.6 Å². The molecule has 0 amide bonds. The van der Waals surface area contributed by atoms with Crippen LogP contribution >= 0.6 is 11.8 Å². The molecular weight excluding hydrogens is 250 g/mol. The third-order valence-electron chi connectivity index (χ3n) is 3.72. The van der Waals surface area contributed by atoms with Crippen molar-refractivity contribution in [1.29, 1.82) is 0 Å². The van der Waals surface area contributed by atoms with E-state index in [0.29, 0.717) is 12.3 Å². The predicted octanol–water partition coefficient (Wildman–Crippen LogP) is 2.58. The summed E-state index contributed by atoms with van der Waals surface area (Å²) in [4.78, 5) is 11.0. The van der Waals surface area contributed by atoms with E-state index in [2.05, 4.69) is 12.2 Å². The quantitative estimate of drug-likeness (QED) is 0.881. The molecule has 2 N–H and O–H groups in total. The van der Waals surface area contributed by atoms with Crippen LogP contribution < -0.4 is 5.32 Å². The van der Waals surface area contributed by atoms with Crippen molar-refractivity contribution in [1.82, 2.24) is 5.32 Å². The topological polar surface area (TPSA) is 62.5 Å². The summed E-state index contributed by atoms with van der Waals surface area (Å²) in [6, 6.07) is 3.57. The molecule has 98 valence electrons. The first-order valence-corrected chi connectivity index (χ1v) is 7.40. The van der Waals surface area contributed by atoms with Crippen molar-refractivity contribution >= 4 is 17.7 Å². The van der Waals surface area contributed by atoms with Crippen molar-refractivity contribution in [2.75, 3.05) is 5.75 Å². The van der Waals surface area contributed by atoms with E-state index in [-0.39, 0.29) is 5.37 Å². The zero-order valence-electron chi connectivity index (χ0n) is 10.3.